The smallest absolute Gasteiger partial charge is 0.387 e. The van der Waals surface area contributed by atoms with Gasteiger partial charge >= 0.3 is 12.6 Å². The molecule has 2 rings (SSSR count). The quantitative estimate of drug-likeness (QED) is 0.754. The average Bonchev–Trinajstić information content (AvgIpc) is 3.02. The summed E-state index contributed by atoms with van der Waals surface area (Å²) < 4.78 is 29.0. The van der Waals surface area contributed by atoms with Crippen molar-refractivity contribution in [2.45, 2.75) is 19.1 Å². The molecule has 3 N–H and O–H groups in total. The second-order valence-corrected chi connectivity index (χ2v) is 5.75. The monoisotopic (exact) mass is 342 g/mol. The first-order valence-electron chi connectivity index (χ1n) is 6.72. The molecule has 124 valence electrons. The Morgan fingerprint density at radius 1 is 1.39 bits per heavy atom. The van der Waals surface area contributed by atoms with Crippen molar-refractivity contribution in [2.75, 3.05) is 11.9 Å². The number of halogens is 2. The van der Waals surface area contributed by atoms with Gasteiger partial charge in [0.15, 0.2) is 0 Å². The Labute approximate surface area is 135 Å². The van der Waals surface area contributed by atoms with Gasteiger partial charge in [0.05, 0.1) is 12.2 Å². The number of amides is 2. The zero-order valence-corrected chi connectivity index (χ0v) is 13.1. The molecule has 23 heavy (non-hydrogen) atoms. The number of carbonyl (C=O) groups excluding carboxylic acids is 1. The Bertz CT molecular complexity index is 648. The van der Waals surface area contributed by atoms with Crippen molar-refractivity contribution >= 4 is 23.1 Å². The number of hydrogen-bond donors (Lipinski definition) is 3. The second kappa shape index (κ2) is 7.38. The summed E-state index contributed by atoms with van der Waals surface area (Å²) in [6.07, 6.45) is 0. The summed E-state index contributed by atoms with van der Waals surface area (Å²) in [6.45, 7) is -1.45. The molecule has 5 nitrogen and oxygen atoms in total. The SMILES string of the molecule is CC(O)(CNC(=O)Nc1ccccc1OC(F)F)c1ccsc1. The van der Waals surface area contributed by atoms with Gasteiger partial charge in [-0.1, -0.05) is 12.1 Å². The molecule has 1 atom stereocenters. The average molecular weight is 342 g/mol. The van der Waals surface area contributed by atoms with Crippen LogP contribution in [0, 0.1) is 0 Å². The van der Waals surface area contributed by atoms with Gasteiger partial charge in [0.25, 0.3) is 0 Å². The Morgan fingerprint density at radius 3 is 2.78 bits per heavy atom. The van der Waals surface area contributed by atoms with Gasteiger partial charge in [-0.25, -0.2) is 4.79 Å². The van der Waals surface area contributed by atoms with Crippen LogP contribution in [0.15, 0.2) is 41.1 Å². The molecule has 1 aromatic heterocycles. The van der Waals surface area contributed by atoms with Gasteiger partial charge in [0, 0.05) is 0 Å². The number of thiophene rings is 1. The predicted octanol–water partition coefficient (Wildman–Crippen LogP) is 3.38. The summed E-state index contributed by atoms with van der Waals surface area (Å²) >= 11 is 1.44. The minimum atomic E-state index is -2.99. The predicted molar refractivity (Wildman–Crippen MR) is 84.0 cm³/mol. The van der Waals surface area contributed by atoms with Gasteiger partial charge in [-0.2, -0.15) is 20.1 Å². The molecule has 0 spiro atoms. The van der Waals surface area contributed by atoms with Crippen LogP contribution in [0.5, 0.6) is 5.75 Å². The minimum Gasteiger partial charge on any atom is -0.433 e. The number of alkyl halides is 2. The fourth-order valence-corrected chi connectivity index (χ4v) is 2.64. The van der Waals surface area contributed by atoms with E-state index in [1.54, 1.807) is 24.4 Å². The maximum atomic E-state index is 12.3. The first-order valence-corrected chi connectivity index (χ1v) is 7.66. The van der Waals surface area contributed by atoms with E-state index in [9.17, 15) is 18.7 Å². The second-order valence-electron chi connectivity index (χ2n) is 4.97. The summed E-state index contributed by atoms with van der Waals surface area (Å²) in [4.78, 5) is 11.9. The summed E-state index contributed by atoms with van der Waals surface area (Å²) in [5.41, 5.74) is -0.430. The summed E-state index contributed by atoms with van der Waals surface area (Å²) in [7, 11) is 0. The van der Waals surface area contributed by atoms with Gasteiger partial charge in [-0.05, 0) is 41.4 Å². The Kier molecular flexibility index (Phi) is 5.51. The number of urea groups is 1. The third kappa shape index (κ3) is 4.90. The Morgan fingerprint density at radius 2 is 2.13 bits per heavy atom. The van der Waals surface area contributed by atoms with Crippen LogP contribution < -0.4 is 15.4 Å². The minimum absolute atomic E-state index is 0.0343. The van der Waals surface area contributed by atoms with Crippen LogP contribution in [-0.2, 0) is 5.60 Å². The van der Waals surface area contributed by atoms with Crippen molar-refractivity contribution in [1.29, 1.82) is 0 Å². The lowest BCUT2D eigenvalue weighted by Gasteiger charge is -2.23. The summed E-state index contributed by atoms with van der Waals surface area (Å²) in [5, 5.41) is 18.8. The van der Waals surface area contributed by atoms with Gasteiger partial charge < -0.3 is 20.5 Å². The number of rotatable bonds is 6. The first kappa shape index (κ1) is 17.2. The number of para-hydroxylation sites is 2. The lowest BCUT2D eigenvalue weighted by Crippen LogP contribution is -2.40. The molecule has 8 heteroatoms. The van der Waals surface area contributed by atoms with E-state index < -0.39 is 18.2 Å². The first-order chi connectivity index (χ1) is 10.9. The van der Waals surface area contributed by atoms with Crippen LogP contribution in [0.2, 0.25) is 0 Å². The van der Waals surface area contributed by atoms with Crippen LogP contribution in [0.25, 0.3) is 0 Å². The highest BCUT2D eigenvalue weighted by Crippen LogP contribution is 2.25. The van der Waals surface area contributed by atoms with Gasteiger partial charge in [-0.15, -0.1) is 0 Å². The fraction of sp³-hybridized carbons (Fsp3) is 0.267. The topological polar surface area (TPSA) is 70.6 Å². The molecule has 1 heterocycles. The number of carbonyl (C=O) groups is 1. The molecule has 2 amide bonds. The largest absolute Gasteiger partial charge is 0.433 e. The van der Waals surface area contributed by atoms with E-state index in [2.05, 4.69) is 15.4 Å². The zero-order chi connectivity index (χ0) is 16.9. The Hall–Kier alpha value is -2.19. The van der Waals surface area contributed by atoms with E-state index in [1.807, 2.05) is 5.38 Å². The molecule has 1 aromatic carbocycles. The van der Waals surface area contributed by atoms with E-state index in [0.717, 1.165) is 0 Å². The van der Waals surface area contributed by atoms with Crippen molar-refractivity contribution in [1.82, 2.24) is 5.32 Å². The molecule has 0 radical (unpaired) electrons. The van der Waals surface area contributed by atoms with Crippen LogP contribution in [0.3, 0.4) is 0 Å². The van der Waals surface area contributed by atoms with E-state index in [0.29, 0.717) is 5.56 Å². The molecule has 0 fully saturated rings. The van der Waals surface area contributed by atoms with E-state index in [4.69, 9.17) is 0 Å². The summed E-state index contributed by atoms with van der Waals surface area (Å²) in [5.74, 6) is -0.137. The van der Waals surface area contributed by atoms with Gasteiger partial charge in [-0.3, -0.25) is 0 Å². The van der Waals surface area contributed by atoms with Crippen LogP contribution in [0.1, 0.15) is 12.5 Å². The van der Waals surface area contributed by atoms with E-state index >= 15 is 0 Å². The molecular formula is C15H16F2N2O3S. The van der Waals surface area contributed by atoms with E-state index in [-0.39, 0.29) is 18.0 Å². The van der Waals surface area contributed by atoms with Gasteiger partial charge in [0.2, 0.25) is 0 Å². The van der Waals surface area contributed by atoms with Gasteiger partial charge in [0.1, 0.15) is 11.4 Å². The molecule has 0 aliphatic rings. The molecule has 0 bridgehead atoms. The molecule has 2 aromatic rings. The van der Waals surface area contributed by atoms with Crippen molar-refractivity contribution in [3.63, 3.8) is 0 Å². The van der Waals surface area contributed by atoms with Crippen LogP contribution in [0.4, 0.5) is 19.3 Å². The molecule has 0 aliphatic heterocycles. The summed E-state index contributed by atoms with van der Waals surface area (Å²) in [6, 6.07) is 6.98. The molecule has 0 saturated heterocycles. The van der Waals surface area contributed by atoms with Crippen LogP contribution >= 0.6 is 11.3 Å². The number of anilines is 1. The third-order valence-corrected chi connectivity index (χ3v) is 3.77. The maximum absolute atomic E-state index is 12.3. The third-order valence-electron chi connectivity index (χ3n) is 3.09. The number of nitrogens with one attached hydrogen (secondary N) is 2. The Balaban J connectivity index is 1.95. The number of benzene rings is 1. The number of hydrogen-bond acceptors (Lipinski definition) is 4. The van der Waals surface area contributed by atoms with Crippen molar-refractivity contribution in [3.8, 4) is 5.75 Å². The fourth-order valence-electron chi connectivity index (χ4n) is 1.86. The van der Waals surface area contributed by atoms with E-state index in [1.165, 1.54) is 29.5 Å². The highest BCUT2D eigenvalue weighted by atomic mass is 32.1. The highest BCUT2D eigenvalue weighted by molar-refractivity contribution is 7.08. The number of aliphatic hydroxyl groups is 1. The lowest BCUT2D eigenvalue weighted by molar-refractivity contribution is -0.0493. The van der Waals surface area contributed by atoms with Crippen molar-refractivity contribution < 1.29 is 23.4 Å². The van der Waals surface area contributed by atoms with Crippen molar-refractivity contribution in [2.24, 2.45) is 0 Å². The number of ether oxygens (including phenoxy) is 1. The molecule has 1 unspecified atom stereocenters. The van der Waals surface area contributed by atoms with Crippen LogP contribution in [-0.4, -0.2) is 24.3 Å². The lowest BCUT2D eigenvalue weighted by atomic mass is 9.99. The molecule has 0 saturated carbocycles. The normalized spacial score (nSPS) is 13.4. The molecule has 0 aliphatic carbocycles. The maximum Gasteiger partial charge on any atom is 0.387 e. The highest BCUT2D eigenvalue weighted by Gasteiger charge is 2.24. The standard InChI is InChI=1S/C15H16F2N2O3S/c1-15(21,10-6-7-23-8-10)9-18-14(20)19-11-4-2-3-5-12(11)22-13(16)17/h2-8,13,21H,9H2,1H3,(H2,18,19,20). The zero-order valence-electron chi connectivity index (χ0n) is 12.3. The molecular weight excluding hydrogens is 326 g/mol. The van der Waals surface area contributed by atoms with Crippen molar-refractivity contribution in [3.05, 3.63) is 46.7 Å².